The van der Waals surface area contributed by atoms with E-state index in [1.165, 1.54) is 0 Å². The van der Waals surface area contributed by atoms with Crippen molar-refractivity contribution < 1.29 is 9.47 Å². The van der Waals surface area contributed by atoms with Crippen LogP contribution < -0.4 is 0 Å². The van der Waals surface area contributed by atoms with Crippen LogP contribution >= 0.6 is 15.9 Å². The topological polar surface area (TPSA) is 36.3 Å². The first-order chi connectivity index (χ1) is 8.10. The second kappa shape index (κ2) is 7.13. The molecule has 0 bridgehead atoms. The Bertz CT molecular complexity index is 347. The predicted molar refractivity (Wildman–Crippen MR) is 71.1 cm³/mol. The van der Waals surface area contributed by atoms with Crippen molar-refractivity contribution in [2.75, 3.05) is 13.2 Å². The second-order valence-corrected chi connectivity index (χ2v) is 4.63. The number of hydrogen-bond acceptors (Lipinski definition) is 3. The predicted octanol–water partition coefficient (Wildman–Crippen LogP) is 3.05. The van der Waals surface area contributed by atoms with Crippen LogP contribution in [0.5, 0.6) is 0 Å². The van der Waals surface area contributed by atoms with E-state index in [-0.39, 0.29) is 6.29 Å². The van der Waals surface area contributed by atoms with Gasteiger partial charge in [-0.25, -0.2) is 0 Å². The SMILES string of the molecule is CCOC(CCn1nc(C)c(Br)c1C)OCC. The molecule has 0 N–H and O–H groups in total. The number of ether oxygens (including phenoxy) is 2. The maximum Gasteiger partial charge on any atom is 0.159 e. The molecule has 0 aromatic carbocycles. The van der Waals surface area contributed by atoms with Gasteiger partial charge in [-0.05, 0) is 43.6 Å². The Kier molecular flexibility index (Phi) is 6.16. The minimum absolute atomic E-state index is 0.132. The van der Waals surface area contributed by atoms with Gasteiger partial charge in [-0.3, -0.25) is 4.68 Å². The quantitative estimate of drug-likeness (QED) is 0.726. The van der Waals surface area contributed by atoms with Crippen LogP contribution in [0.25, 0.3) is 0 Å². The fourth-order valence-corrected chi connectivity index (χ4v) is 1.99. The second-order valence-electron chi connectivity index (χ2n) is 3.84. The van der Waals surface area contributed by atoms with Crippen LogP contribution in [0.15, 0.2) is 4.47 Å². The summed E-state index contributed by atoms with van der Waals surface area (Å²) in [5.74, 6) is 0. The Hall–Kier alpha value is -0.390. The zero-order valence-corrected chi connectivity index (χ0v) is 12.6. The van der Waals surface area contributed by atoms with Gasteiger partial charge < -0.3 is 9.47 Å². The molecule has 5 heteroatoms. The standard InChI is InChI=1S/C12H21BrN2O2/c1-5-16-11(17-6-2)7-8-15-10(4)12(13)9(3)14-15/h11H,5-8H2,1-4H3. The van der Waals surface area contributed by atoms with Gasteiger partial charge in [0.1, 0.15) is 0 Å². The van der Waals surface area contributed by atoms with E-state index in [2.05, 4.69) is 28.0 Å². The van der Waals surface area contributed by atoms with E-state index in [0.29, 0.717) is 13.2 Å². The van der Waals surface area contributed by atoms with Crippen LogP contribution in [-0.4, -0.2) is 29.3 Å². The summed E-state index contributed by atoms with van der Waals surface area (Å²) in [6, 6.07) is 0. The third-order valence-corrected chi connectivity index (χ3v) is 3.72. The average Bonchev–Trinajstić information content (AvgIpc) is 2.54. The average molecular weight is 305 g/mol. The molecule has 1 rings (SSSR count). The smallest absolute Gasteiger partial charge is 0.159 e. The van der Waals surface area contributed by atoms with E-state index in [1.807, 2.05) is 25.5 Å². The molecule has 0 unspecified atom stereocenters. The molecule has 0 aliphatic heterocycles. The minimum atomic E-state index is -0.132. The molecule has 1 aromatic heterocycles. The lowest BCUT2D eigenvalue weighted by Gasteiger charge is -2.17. The molecule has 1 aromatic rings. The highest BCUT2D eigenvalue weighted by Crippen LogP contribution is 2.20. The van der Waals surface area contributed by atoms with Gasteiger partial charge in [0.05, 0.1) is 10.2 Å². The van der Waals surface area contributed by atoms with Crippen LogP contribution in [0.4, 0.5) is 0 Å². The first kappa shape index (κ1) is 14.7. The van der Waals surface area contributed by atoms with Crippen LogP contribution in [0.3, 0.4) is 0 Å². The molecule has 0 spiro atoms. The maximum atomic E-state index is 5.51. The lowest BCUT2D eigenvalue weighted by atomic mass is 10.3. The van der Waals surface area contributed by atoms with E-state index < -0.39 is 0 Å². The molecule has 0 amide bonds. The van der Waals surface area contributed by atoms with Crippen LogP contribution in [0.2, 0.25) is 0 Å². The van der Waals surface area contributed by atoms with Gasteiger partial charge in [-0.1, -0.05) is 0 Å². The highest BCUT2D eigenvalue weighted by atomic mass is 79.9. The lowest BCUT2D eigenvalue weighted by Crippen LogP contribution is -2.20. The number of aromatic nitrogens is 2. The zero-order valence-electron chi connectivity index (χ0n) is 11.0. The van der Waals surface area contributed by atoms with Crippen LogP contribution in [-0.2, 0) is 16.0 Å². The first-order valence-corrected chi connectivity index (χ1v) is 6.82. The Balaban J connectivity index is 2.55. The van der Waals surface area contributed by atoms with E-state index in [4.69, 9.17) is 9.47 Å². The Morgan fingerprint density at radius 2 is 1.82 bits per heavy atom. The van der Waals surface area contributed by atoms with Crippen LogP contribution in [0, 0.1) is 13.8 Å². The molecule has 0 aliphatic carbocycles. The molecule has 4 nitrogen and oxygen atoms in total. The van der Waals surface area contributed by atoms with E-state index >= 15 is 0 Å². The lowest BCUT2D eigenvalue weighted by molar-refractivity contribution is -0.141. The van der Waals surface area contributed by atoms with Crippen molar-refractivity contribution in [1.82, 2.24) is 9.78 Å². The highest BCUT2D eigenvalue weighted by molar-refractivity contribution is 9.10. The van der Waals surface area contributed by atoms with Gasteiger partial charge in [-0.15, -0.1) is 0 Å². The van der Waals surface area contributed by atoms with Gasteiger partial charge in [0.25, 0.3) is 0 Å². The molecule has 0 fully saturated rings. The van der Waals surface area contributed by atoms with E-state index in [0.717, 1.165) is 28.8 Å². The normalized spacial score (nSPS) is 11.4. The Morgan fingerprint density at radius 1 is 1.24 bits per heavy atom. The van der Waals surface area contributed by atoms with Crippen molar-refractivity contribution in [3.63, 3.8) is 0 Å². The molecule has 0 radical (unpaired) electrons. The summed E-state index contributed by atoms with van der Waals surface area (Å²) in [5.41, 5.74) is 2.17. The third kappa shape index (κ3) is 4.08. The van der Waals surface area contributed by atoms with Crippen molar-refractivity contribution >= 4 is 15.9 Å². The summed E-state index contributed by atoms with van der Waals surface area (Å²) in [5, 5.41) is 4.46. The zero-order chi connectivity index (χ0) is 12.8. The molecule has 0 aliphatic rings. The number of rotatable bonds is 7. The fourth-order valence-electron chi connectivity index (χ4n) is 1.71. The van der Waals surface area contributed by atoms with Gasteiger partial charge in [0.15, 0.2) is 6.29 Å². The molecule has 98 valence electrons. The molecule has 0 saturated carbocycles. The molecule has 0 saturated heterocycles. The maximum absolute atomic E-state index is 5.51. The summed E-state index contributed by atoms with van der Waals surface area (Å²) in [7, 11) is 0. The number of nitrogens with zero attached hydrogens (tertiary/aromatic N) is 2. The van der Waals surface area contributed by atoms with Crippen LogP contribution in [0.1, 0.15) is 31.7 Å². The van der Waals surface area contributed by atoms with Crippen molar-refractivity contribution in [2.45, 2.75) is 47.0 Å². The third-order valence-electron chi connectivity index (χ3n) is 2.57. The van der Waals surface area contributed by atoms with Gasteiger partial charge >= 0.3 is 0 Å². The largest absolute Gasteiger partial charge is 0.353 e. The van der Waals surface area contributed by atoms with Gasteiger partial charge in [-0.2, -0.15) is 5.10 Å². The fraction of sp³-hybridized carbons (Fsp3) is 0.750. The monoisotopic (exact) mass is 304 g/mol. The van der Waals surface area contributed by atoms with Gasteiger partial charge in [0.2, 0.25) is 0 Å². The molecule has 0 atom stereocenters. The molecule has 1 heterocycles. The molecular formula is C12H21BrN2O2. The van der Waals surface area contributed by atoms with Gasteiger partial charge in [0, 0.05) is 31.9 Å². The summed E-state index contributed by atoms with van der Waals surface area (Å²) in [6.45, 7) is 10.2. The summed E-state index contributed by atoms with van der Waals surface area (Å²) < 4.78 is 14.1. The molecular weight excluding hydrogens is 284 g/mol. The summed E-state index contributed by atoms with van der Waals surface area (Å²) in [6.07, 6.45) is 0.684. The number of hydrogen-bond donors (Lipinski definition) is 0. The minimum Gasteiger partial charge on any atom is -0.353 e. The summed E-state index contributed by atoms with van der Waals surface area (Å²) >= 11 is 3.52. The first-order valence-electron chi connectivity index (χ1n) is 6.02. The Labute approximate surface area is 111 Å². The number of aryl methyl sites for hydroxylation is 2. The Morgan fingerprint density at radius 3 is 2.24 bits per heavy atom. The number of halogens is 1. The van der Waals surface area contributed by atoms with Crippen molar-refractivity contribution in [3.8, 4) is 0 Å². The van der Waals surface area contributed by atoms with Crippen molar-refractivity contribution in [2.24, 2.45) is 0 Å². The van der Waals surface area contributed by atoms with Crippen molar-refractivity contribution in [3.05, 3.63) is 15.9 Å². The highest BCUT2D eigenvalue weighted by Gasteiger charge is 2.12. The summed E-state index contributed by atoms with van der Waals surface area (Å²) in [4.78, 5) is 0. The van der Waals surface area contributed by atoms with E-state index in [9.17, 15) is 0 Å². The molecule has 17 heavy (non-hydrogen) atoms. The van der Waals surface area contributed by atoms with Crippen molar-refractivity contribution in [1.29, 1.82) is 0 Å². The van der Waals surface area contributed by atoms with E-state index in [1.54, 1.807) is 0 Å².